The van der Waals surface area contributed by atoms with Gasteiger partial charge < -0.3 is 0 Å². The maximum absolute atomic E-state index is 11.1. The van der Waals surface area contributed by atoms with Crippen LogP contribution in [0.5, 0.6) is 0 Å². The van der Waals surface area contributed by atoms with E-state index in [1.165, 1.54) is 0 Å². The molecule has 0 N–H and O–H groups in total. The lowest BCUT2D eigenvalue weighted by molar-refractivity contribution is -0.121. The predicted octanol–water partition coefficient (Wildman–Crippen LogP) is 1.66. The fourth-order valence-corrected chi connectivity index (χ4v) is 1.19. The minimum Gasteiger partial charge on any atom is -0.300 e. The topological polar surface area (TPSA) is 20.3 Å². The summed E-state index contributed by atoms with van der Waals surface area (Å²) in [6, 6.07) is 0.106. The lowest BCUT2D eigenvalue weighted by Gasteiger charge is -2.22. The van der Waals surface area contributed by atoms with Crippen LogP contribution in [0.15, 0.2) is 0 Å². The summed E-state index contributed by atoms with van der Waals surface area (Å²) in [5.74, 6) is 0.856. The maximum Gasteiger partial charge on any atom is 0.146 e. The van der Waals surface area contributed by atoms with Crippen molar-refractivity contribution in [2.24, 2.45) is 5.92 Å². The van der Waals surface area contributed by atoms with Crippen molar-refractivity contribution in [3.8, 4) is 0 Å². The number of carbonyl (C=O) groups is 1. The second-order valence-electron chi connectivity index (χ2n) is 3.72. The van der Waals surface area contributed by atoms with Crippen molar-refractivity contribution in [3.05, 3.63) is 0 Å². The van der Waals surface area contributed by atoms with E-state index in [1.54, 1.807) is 6.92 Å². The normalized spacial score (nSPS) is 12.9. The van der Waals surface area contributed by atoms with Crippen molar-refractivity contribution in [1.82, 2.24) is 4.90 Å². The average molecular weight is 191 g/mol. The molecule has 0 aromatic heterocycles. The largest absolute Gasteiger partial charge is 0.300 e. The zero-order valence-electron chi connectivity index (χ0n) is 8.72. The second kappa shape index (κ2) is 6.49. The van der Waals surface area contributed by atoms with Crippen LogP contribution in [0, 0.1) is 5.92 Å². The highest BCUT2D eigenvalue weighted by Gasteiger charge is 2.17. The summed E-state index contributed by atoms with van der Waals surface area (Å²) in [4.78, 5) is 13.1. The Balaban J connectivity index is 0. The molecule has 12 heavy (non-hydrogen) atoms. The molecule has 0 spiro atoms. The first-order valence-corrected chi connectivity index (χ1v) is 4.12. The van der Waals surface area contributed by atoms with Crippen LogP contribution in [-0.4, -0.2) is 30.8 Å². The van der Waals surface area contributed by atoms with Gasteiger partial charge in [0.25, 0.3) is 0 Å². The van der Waals surface area contributed by atoms with E-state index in [9.17, 15) is 4.79 Å². The zero-order valence-corrected chi connectivity index (χ0v) is 9.72. The first kappa shape index (κ1) is 14.5. The Bertz CT molecular complexity index is 134. The van der Waals surface area contributed by atoms with Crippen molar-refractivity contribution in [1.29, 1.82) is 0 Å². The molecule has 0 aliphatic rings. The summed E-state index contributed by atoms with van der Waals surface area (Å²) in [6.45, 7) is 5.94. The van der Waals surface area contributed by atoms with E-state index in [1.807, 2.05) is 19.0 Å². The number of rotatable bonds is 4. The summed E-state index contributed by atoms with van der Waals surface area (Å²) >= 11 is 0. The lowest BCUT2D eigenvalue weighted by atomic mass is 10.0. The highest BCUT2D eigenvalue weighted by Crippen LogP contribution is 2.09. The minimum absolute atomic E-state index is 0. The van der Waals surface area contributed by atoms with Crippen LogP contribution < -0.4 is 0 Å². The van der Waals surface area contributed by atoms with E-state index >= 15 is 0 Å². The van der Waals surface area contributed by atoms with Crippen molar-refractivity contribution in [2.75, 3.05) is 14.1 Å². The van der Waals surface area contributed by atoms with Crippen LogP contribution >= 0.6 is 13.5 Å². The van der Waals surface area contributed by atoms with Crippen LogP contribution in [0.2, 0.25) is 0 Å². The van der Waals surface area contributed by atoms with E-state index < -0.39 is 0 Å². The fourth-order valence-electron chi connectivity index (χ4n) is 1.19. The first-order chi connectivity index (χ1) is 4.95. The number of hydrogen-bond acceptors (Lipinski definition) is 2. The minimum atomic E-state index is 0. The quantitative estimate of drug-likeness (QED) is 0.673. The van der Waals surface area contributed by atoms with Crippen molar-refractivity contribution < 1.29 is 4.79 Å². The molecule has 0 amide bonds. The Hall–Kier alpha value is -0.0200. The molecule has 0 aromatic rings. The monoisotopic (exact) mass is 191 g/mol. The highest BCUT2D eigenvalue weighted by molar-refractivity contribution is 7.59. The molecule has 0 fully saturated rings. The Morgan fingerprint density at radius 3 is 1.83 bits per heavy atom. The zero-order chi connectivity index (χ0) is 9.02. The van der Waals surface area contributed by atoms with Crippen molar-refractivity contribution >= 4 is 19.3 Å². The molecule has 1 atom stereocenters. The lowest BCUT2D eigenvalue weighted by Crippen LogP contribution is -2.35. The summed E-state index contributed by atoms with van der Waals surface area (Å²) in [5.41, 5.74) is 0. The summed E-state index contributed by atoms with van der Waals surface area (Å²) in [5, 5.41) is 0. The highest BCUT2D eigenvalue weighted by atomic mass is 32.1. The van der Waals surface area contributed by atoms with Gasteiger partial charge in [0, 0.05) is 0 Å². The molecular formula is C9H21NOS. The first-order valence-electron chi connectivity index (χ1n) is 4.12. The molecule has 3 heteroatoms. The number of hydrogen-bond donors (Lipinski definition) is 0. The molecule has 0 aliphatic carbocycles. The number of carbonyl (C=O) groups excluding carboxylic acids is 1. The average Bonchev–Trinajstić information content (AvgIpc) is 1.81. The Kier molecular flexibility index (Phi) is 7.84. The van der Waals surface area contributed by atoms with E-state index in [0.717, 1.165) is 6.42 Å². The van der Waals surface area contributed by atoms with Crippen LogP contribution in [0.25, 0.3) is 0 Å². The van der Waals surface area contributed by atoms with Gasteiger partial charge in [-0.1, -0.05) is 13.8 Å². The molecule has 74 valence electrons. The van der Waals surface area contributed by atoms with Crippen LogP contribution in [0.4, 0.5) is 0 Å². The number of ketones is 1. The number of Topliss-reactive ketones (excluding diaryl/α,β-unsaturated/α-hetero) is 1. The molecule has 0 aromatic carbocycles. The molecule has 0 unspecified atom stereocenters. The fraction of sp³-hybridized carbons (Fsp3) is 0.889. The van der Waals surface area contributed by atoms with Gasteiger partial charge >= 0.3 is 0 Å². The van der Waals surface area contributed by atoms with Gasteiger partial charge in [0.05, 0.1) is 6.04 Å². The van der Waals surface area contributed by atoms with Crippen molar-refractivity contribution in [2.45, 2.75) is 33.2 Å². The Morgan fingerprint density at radius 1 is 1.33 bits per heavy atom. The molecule has 2 nitrogen and oxygen atoms in total. The second-order valence-corrected chi connectivity index (χ2v) is 3.72. The molecule has 0 saturated carbocycles. The molecule has 0 aliphatic heterocycles. The summed E-state index contributed by atoms with van der Waals surface area (Å²) < 4.78 is 0. The van der Waals surface area contributed by atoms with Crippen LogP contribution in [0.3, 0.4) is 0 Å². The third kappa shape index (κ3) is 5.61. The summed E-state index contributed by atoms with van der Waals surface area (Å²) in [7, 11) is 3.91. The number of likely N-dealkylation sites (N-methyl/N-ethyl adjacent to an activating group) is 1. The van der Waals surface area contributed by atoms with E-state index in [-0.39, 0.29) is 25.3 Å². The molecule has 0 radical (unpaired) electrons. The van der Waals surface area contributed by atoms with E-state index in [0.29, 0.717) is 5.92 Å². The molecular weight excluding hydrogens is 170 g/mol. The predicted molar refractivity (Wildman–Crippen MR) is 58.0 cm³/mol. The third-order valence-electron chi connectivity index (χ3n) is 1.79. The van der Waals surface area contributed by atoms with Gasteiger partial charge in [-0.25, -0.2) is 0 Å². The van der Waals surface area contributed by atoms with E-state index in [2.05, 4.69) is 13.8 Å². The van der Waals surface area contributed by atoms with Gasteiger partial charge in [0.2, 0.25) is 0 Å². The van der Waals surface area contributed by atoms with Gasteiger partial charge in [0.1, 0.15) is 5.78 Å². The summed E-state index contributed by atoms with van der Waals surface area (Å²) in [6.07, 6.45) is 0.961. The van der Waals surface area contributed by atoms with Gasteiger partial charge in [0.15, 0.2) is 0 Å². The Labute approximate surface area is 82.8 Å². The maximum atomic E-state index is 11.1. The smallest absolute Gasteiger partial charge is 0.146 e. The van der Waals surface area contributed by atoms with Gasteiger partial charge in [-0.05, 0) is 33.4 Å². The SMILES string of the molecule is CC(=O)[C@H](CC(C)C)N(C)C.S. The van der Waals surface area contributed by atoms with Crippen LogP contribution in [-0.2, 0) is 4.79 Å². The van der Waals surface area contributed by atoms with E-state index in [4.69, 9.17) is 0 Å². The molecule has 0 heterocycles. The molecule has 0 rings (SSSR count). The van der Waals surface area contributed by atoms with Gasteiger partial charge in [-0.3, -0.25) is 9.69 Å². The number of nitrogens with zero attached hydrogens (tertiary/aromatic N) is 1. The molecule has 0 bridgehead atoms. The van der Waals surface area contributed by atoms with Crippen molar-refractivity contribution in [3.63, 3.8) is 0 Å². The third-order valence-corrected chi connectivity index (χ3v) is 1.79. The van der Waals surface area contributed by atoms with Gasteiger partial charge in [-0.2, -0.15) is 13.5 Å². The standard InChI is InChI=1S/C9H19NO.H2S/c1-7(2)6-9(8(3)11)10(4)5;/h7,9H,6H2,1-5H3;1H2/t9-;/m0./s1. The Morgan fingerprint density at radius 2 is 1.75 bits per heavy atom. The van der Waals surface area contributed by atoms with Crippen LogP contribution in [0.1, 0.15) is 27.2 Å². The molecule has 0 saturated heterocycles. The van der Waals surface area contributed by atoms with Gasteiger partial charge in [-0.15, -0.1) is 0 Å².